The van der Waals surface area contributed by atoms with Crippen LogP contribution in [0.15, 0.2) is 0 Å². The summed E-state index contributed by atoms with van der Waals surface area (Å²) in [6.07, 6.45) is 1.87. The third-order valence-electron chi connectivity index (χ3n) is 5.32. The summed E-state index contributed by atoms with van der Waals surface area (Å²) in [5.41, 5.74) is -0.0402. The van der Waals surface area contributed by atoms with Crippen LogP contribution in [0.3, 0.4) is 0 Å². The topological polar surface area (TPSA) is 69.6 Å². The van der Waals surface area contributed by atoms with Gasteiger partial charge in [0.2, 0.25) is 0 Å². The number of aliphatic carboxylic acids is 1. The molecular formula is C16H25F3N2O3. The highest BCUT2D eigenvalue weighted by atomic mass is 19.4. The number of nitrogens with zero attached hydrogens (tertiary/aromatic N) is 1. The molecule has 1 aliphatic heterocycles. The van der Waals surface area contributed by atoms with E-state index in [1.807, 2.05) is 0 Å². The molecule has 0 aromatic rings. The molecule has 1 saturated carbocycles. The fraction of sp³-hybridized carbons (Fsp3) is 0.875. The zero-order chi connectivity index (χ0) is 18.0. The Morgan fingerprint density at radius 3 is 2.21 bits per heavy atom. The Hall–Kier alpha value is -1.47. The fourth-order valence-corrected chi connectivity index (χ4v) is 3.71. The van der Waals surface area contributed by atoms with E-state index in [1.165, 1.54) is 12.8 Å². The summed E-state index contributed by atoms with van der Waals surface area (Å²) in [4.78, 5) is 24.3. The second-order valence-electron chi connectivity index (χ2n) is 7.38. The van der Waals surface area contributed by atoms with E-state index >= 15 is 0 Å². The highest BCUT2D eigenvalue weighted by Crippen LogP contribution is 2.38. The van der Waals surface area contributed by atoms with Crippen molar-refractivity contribution >= 4 is 12.0 Å². The van der Waals surface area contributed by atoms with Crippen molar-refractivity contribution in [3.8, 4) is 0 Å². The number of carboxylic acids is 1. The van der Waals surface area contributed by atoms with E-state index in [0.29, 0.717) is 6.54 Å². The number of alkyl halides is 3. The van der Waals surface area contributed by atoms with Crippen molar-refractivity contribution in [1.29, 1.82) is 0 Å². The molecule has 2 fully saturated rings. The van der Waals surface area contributed by atoms with Crippen LogP contribution in [0.1, 0.15) is 45.4 Å². The van der Waals surface area contributed by atoms with Crippen LogP contribution in [0.25, 0.3) is 0 Å². The number of amides is 2. The molecule has 138 valence electrons. The molecule has 2 atom stereocenters. The number of rotatable bonds is 3. The molecule has 1 saturated heterocycles. The van der Waals surface area contributed by atoms with Crippen LogP contribution in [0, 0.1) is 17.3 Å². The molecule has 0 unspecified atom stereocenters. The van der Waals surface area contributed by atoms with Gasteiger partial charge in [-0.1, -0.05) is 32.6 Å². The minimum Gasteiger partial charge on any atom is -0.481 e. The van der Waals surface area contributed by atoms with E-state index in [2.05, 4.69) is 12.2 Å². The molecule has 0 aromatic carbocycles. The van der Waals surface area contributed by atoms with Gasteiger partial charge in [0.25, 0.3) is 0 Å². The van der Waals surface area contributed by atoms with Crippen molar-refractivity contribution < 1.29 is 27.9 Å². The number of halogens is 3. The first-order chi connectivity index (χ1) is 11.1. The van der Waals surface area contributed by atoms with Gasteiger partial charge < -0.3 is 15.3 Å². The maximum atomic E-state index is 13.0. The number of nitrogens with one attached hydrogen (secondary N) is 1. The molecule has 0 spiro atoms. The van der Waals surface area contributed by atoms with Gasteiger partial charge >= 0.3 is 18.2 Å². The molecule has 5 nitrogen and oxygen atoms in total. The first-order valence-electron chi connectivity index (χ1n) is 8.45. The van der Waals surface area contributed by atoms with Crippen LogP contribution in [0.2, 0.25) is 0 Å². The smallest absolute Gasteiger partial charge is 0.394 e. The van der Waals surface area contributed by atoms with Crippen molar-refractivity contribution in [3.63, 3.8) is 0 Å². The summed E-state index contributed by atoms with van der Waals surface area (Å²) in [5.74, 6) is -5.11. The zero-order valence-corrected chi connectivity index (χ0v) is 13.9. The first-order valence-corrected chi connectivity index (χ1v) is 8.45. The molecule has 8 heteroatoms. The predicted molar refractivity (Wildman–Crippen MR) is 81.5 cm³/mol. The number of hydrogen-bond acceptors (Lipinski definition) is 2. The van der Waals surface area contributed by atoms with E-state index in [0.717, 1.165) is 30.6 Å². The lowest BCUT2D eigenvalue weighted by Gasteiger charge is -2.29. The van der Waals surface area contributed by atoms with Gasteiger partial charge in [0.05, 0.1) is 11.8 Å². The molecule has 0 bridgehead atoms. The lowest BCUT2D eigenvalue weighted by Crippen LogP contribution is -2.43. The summed E-state index contributed by atoms with van der Waals surface area (Å²) in [7, 11) is 0. The molecule has 1 heterocycles. The number of hydrogen-bond donors (Lipinski definition) is 2. The second kappa shape index (κ2) is 7.19. The molecule has 0 radical (unpaired) electrons. The highest BCUT2D eigenvalue weighted by molar-refractivity contribution is 5.77. The molecule has 0 aromatic heterocycles. The Morgan fingerprint density at radius 1 is 1.17 bits per heavy atom. The second-order valence-corrected chi connectivity index (χ2v) is 7.38. The Labute approximate surface area is 139 Å². The summed E-state index contributed by atoms with van der Waals surface area (Å²) in [5, 5.41) is 11.7. The normalized spacial score (nSPS) is 27.6. The number of carbonyl (C=O) groups excluding carboxylic acids is 1. The predicted octanol–water partition coefficient (Wildman–Crippen LogP) is 3.25. The zero-order valence-electron chi connectivity index (χ0n) is 13.9. The van der Waals surface area contributed by atoms with Crippen LogP contribution >= 0.6 is 0 Å². The van der Waals surface area contributed by atoms with Crippen LogP contribution in [-0.4, -0.2) is 47.8 Å². The van der Waals surface area contributed by atoms with E-state index in [1.54, 1.807) is 0 Å². The number of carboxylic acid groups (broad SMARTS) is 1. The van der Waals surface area contributed by atoms with Crippen molar-refractivity contribution in [2.24, 2.45) is 17.3 Å². The van der Waals surface area contributed by atoms with Gasteiger partial charge in [-0.2, -0.15) is 13.2 Å². The summed E-state index contributed by atoms with van der Waals surface area (Å²) < 4.78 is 38.9. The fourth-order valence-electron chi connectivity index (χ4n) is 3.71. The first kappa shape index (κ1) is 18.9. The van der Waals surface area contributed by atoms with Crippen molar-refractivity contribution in [3.05, 3.63) is 0 Å². The quantitative estimate of drug-likeness (QED) is 0.768. The van der Waals surface area contributed by atoms with Gasteiger partial charge in [-0.3, -0.25) is 4.79 Å². The largest absolute Gasteiger partial charge is 0.481 e. The van der Waals surface area contributed by atoms with Crippen molar-refractivity contribution in [2.45, 2.75) is 51.6 Å². The van der Waals surface area contributed by atoms with Crippen LogP contribution in [-0.2, 0) is 4.79 Å². The van der Waals surface area contributed by atoms with E-state index in [-0.39, 0.29) is 5.41 Å². The van der Waals surface area contributed by atoms with Gasteiger partial charge in [-0.25, -0.2) is 4.79 Å². The minimum atomic E-state index is -4.62. The average molecular weight is 350 g/mol. The van der Waals surface area contributed by atoms with Crippen LogP contribution in [0.5, 0.6) is 0 Å². The standard InChI is InChI=1S/C16H25F3N2O3/c1-15(6-4-2-3-5-7-15)10-20-14(24)21-8-11(13(22)23)12(9-21)16(17,18)19/h11-12H,2-10H2,1H3,(H,20,24)(H,22,23)/t11-,12-/m1/s1. The summed E-state index contributed by atoms with van der Waals surface area (Å²) >= 11 is 0. The van der Waals surface area contributed by atoms with Gasteiger partial charge in [0.1, 0.15) is 0 Å². The van der Waals surface area contributed by atoms with E-state index in [4.69, 9.17) is 5.11 Å². The third-order valence-corrected chi connectivity index (χ3v) is 5.32. The molecule has 2 N–H and O–H groups in total. The van der Waals surface area contributed by atoms with Gasteiger partial charge in [-0.05, 0) is 18.3 Å². The Kier molecular flexibility index (Phi) is 5.65. The Bertz CT molecular complexity index is 474. The molecule has 1 aliphatic carbocycles. The Balaban J connectivity index is 1.94. The van der Waals surface area contributed by atoms with Gasteiger partial charge in [-0.15, -0.1) is 0 Å². The maximum Gasteiger partial charge on any atom is 0.394 e. The Morgan fingerprint density at radius 2 is 1.75 bits per heavy atom. The molecule has 2 aliphatic rings. The van der Waals surface area contributed by atoms with Gasteiger partial charge in [0.15, 0.2) is 0 Å². The molecule has 24 heavy (non-hydrogen) atoms. The number of urea groups is 1. The monoisotopic (exact) mass is 350 g/mol. The van der Waals surface area contributed by atoms with E-state index < -0.39 is 43.1 Å². The molecule has 2 amide bonds. The minimum absolute atomic E-state index is 0.0402. The number of likely N-dealkylation sites (tertiary alicyclic amines) is 1. The lowest BCUT2D eigenvalue weighted by molar-refractivity contribution is -0.187. The highest BCUT2D eigenvalue weighted by Gasteiger charge is 2.53. The van der Waals surface area contributed by atoms with Crippen molar-refractivity contribution in [2.75, 3.05) is 19.6 Å². The van der Waals surface area contributed by atoms with E-state index in [9.17, 15) is 22.8 Å². The SMILES string of the molecule is CC1(CNC(=O)N2C[C@@H](C(F)(F)F)[C@H](C(=O)O)C2)CCCCCC1. The lowest BCUT2D eigenvalue weighted by atomic mass is 9.82. The van der Waals surface area contributed by atoms with Gasteiger partial charge in [0, 0.05) is 19.6 Å². The summed E-state index contributed by atoms with van der Waals surface area (Å²) in [6.45, 7) is 1.50. The van der Waals surface area contributed by atoms with Crippen LogP contribution < -0.4 is 5.32 Å². The van der Waals surface area contributed by atoms with Crippen LogP contribution in [0.4, 0.5) is 18.0 Å². The molecule has 2 rings (SSSR count). The maximum absolute atomic E-state index is 13.0. The van der Waals surface area contributed by atoms with Crippen molar-refractivity contribution in [1.82, 2.24) is 10.2 Å². The average Bonchev–Trinajstić information content (AvgIpc) is 2.84. The third kappa shape index (κ3) is 4.54. The summed E-state index contributed by atoms with van der Waals surface area (Å²) in [6, 6.07) is -0.599. The number of carbonyl (C=O) groups is 2. The molecular weight excluding hydrogens is 325 g/mol.